The third-order valence-corrected chi connectivity index (χ3v) is 2.73. The van der Waals surface area contributed by atoms with Crippen LogP contribution in [-0.2, 0) is 39.9 Å². The van der Waals surface area contributed by atoms with Crippen molar-refractivity contribution in [2.24, 2.45) is 0 Å². The molecule has 25 heavy (non-hydrogen) atoms. The van der Waals surface area contributed by atoms with E-state index in [2.05, 4.69) is 0 Å². The molecule has 0 N–H and O–H groups in total. The van der Waals surface area contributed by atoms with Crippen molar-refractivity contribution in [1.29, 1.82) is 0 Å². The first-order valence-electron chi connectivity index (χ1n) is 7.87. The van der Waals surface area contributed by atoms with Gasteiger partial charge in [0.25, 0.3) is 0 Å². The van der Waals surface area contributed by atoms with E-state index in [-0.39, 0.29) is 13.2 Å². The summed E-state index contributed by atoms with van der Waals surface area (Å²) < 4.78 is 19.8. The average molecular weight is 352 g/mol. The van der Waals surface area contributed by atoms with E-state index in [0.717, 1.165) is 5.56 Å². The van der Waals surface area contributed by atoms with Gasteiger partial charge < -0.3 is 18.9 Å². The van der Waals surface area contributed by atoms with Crippen molar-refractivity contribution in [3.05, 3.63) is 35.9 Å². The first-order valence-corrected chi connectivity index (χ1v) is 7.87. The van der Waals surface area contributed by atoms with Gasteiger partial charge in [-0.05, 0) is 33.3 Å². The Morgan fingerprint density at radius 3 is 2.24 bits per heavy atom. The highest BCUT2D eigenvalue weighted by molar-refractivity contribution is 5.81. The number of esters is 3. The lowest BCUT2D eigenvalue weighted by molar-refractivity contribution is -0.177. The monoisotopic (exact) mass is 352 g/mol. The van der Waals surface area contributed by atoms with Crippen molar-refractivity contribution in [2.75, 3.05) is 13.2 Å². The predicted molar refractivity (Wildman–Crippen MR) is 88.5 cm³/mol. The van der Waals surface area contributed by atoms with Crippen LogP contribution in [0.3, 0.4) is 0 Å². The maximum absolute atomic E-state index is 11.7. The summed E-state index contributed by atoms with van der Waals surface area (Å²) in [6, 6.07) is 9.32. The van der Waals surface area contributed by atoms with Gasteiger partial charge in [-0.25, -0.2) is 14.4 Å². The topological polar surface area (TPSA) is 88.1 Å². The lowest BCUT2D eigenvalue weighted by Crippen LogP contribution is -2.34. The molecule has 1 unspecified atom stereocenters. The largest absolute Gasteiger partial charge is 0.457 e. The summed E-state index contributed by atoms with van der Waals surface area (Å²) in [5, 5.41) is 0. The molecule has 1 aromatic rings. The predicted octanol–water partition coefficient (Wildman–Crippen LogP) is 2.02. The molecule has 0 heterocycles. The van der Waals surface area contributed by atoms with Crippen molar-refractivity contribution >= 4 is 17.9 Å². The zero-order chi connectivity index (χ0) is 18.9. The molecule has 0 radical (unpaired) electrons. The van der Waals surface area contributed by atoms with Crippen LogP contribution in [0.1, 0.15) is 33.3 Å². The number of rotatable bonds is 8. The van der Waals surface area contributed by atoms with E-state index < -0.39 is 36.2 Å². The van der Waals surface area contributed by atoms with Crippen LogP contribution in [0.2, 0.25) is 0 Å². The normalized spacial score (nSPS) is 12.2. The van der Waals surface area contributed by atoms with E-state index >= 15 is 0 Å². The van der Waals surface area contributed by atoms with E-state index in [1.165, 1.54) is 6.92 Å². The third-order valence-electron chi connectivity index (χ3n) is 2.73. The van der Waals surface area contributed by atoms with Crippen LogP contribution in [0.25, 0.3) is 0 Å². The van der Waals surface area contributed by atoms with Gasteiger partial charge in [-0.3, -0.25) is 0 Å². The molecule has 0 fully saturated rings. The quantitative estimate of drug-likeness (QED) is 0.522. The molecule has 0 bridgehead atoms. The maximum atomic E-state index is 11.7. The molecule has 0 aromatic heterocycles. The highest BCUT2D eigenvalue weighted by Gasteiger charge is 2.24. The second kappa shape index (κ2) is 9.78. The van der Waals surface area contributed by atoms with Gasteiger partial charge in [0.15, 0.2) is 12.7 Å². The summed E-state index contributed by atoms with van der Waals surface area (Å²) in [5.41, 5.74) is 0.237. The first-order chi connectivity index (χ1) is 11.7. The Hall–Kier alpha value is -2.41. The van der Waals surface area contributed by atoms with Crippen molar-refractivity contribution < 1.29 is 33.3 Å². The van der Waals surface area contributed by atoms with Crippen LogP contribution in [0.4, 0.5) is 0 Å². The fourth-order valence-corrected chi connectivity index (χ4v) is 1.67. The Bertz CT molecular complexity index is 575. The Balaban J connectivity index is 2.22. The number of hydrogen-bond donors (Lipinski definition) is 0. The molecular formula is C18H24O7. The first kappa shape index (κ1) is 20.6. The zero-order valence-corrected chi connectivity index (χ0v) is 14.9. The lowest BCUT2D eigenvalue weighted by Gasteiger charge is -2.22. The van der Waals surface area contributed by atoms with Gasteiger partial charge in [-0.2, -0.15) is 0 Å². The minimum absolute atomic E-state index is 0.260. The highest BCUT2D eigenvalue weighted by atomic mass is 16.6. The molecular weight excluding hydrogens is 328 g/mol. The summed E-state index contributed by atoms with van der Waals surface area (Å²) in [5.74, 6) is -2.20. The Morgan fingerprint density at radius 2 is 1.64 bits per heavy atom. The SMILES string of the molecule is CC(OC(=O)COC(=O)COCc1ccccc1)C(=O)OC(C)(C)C. The van der Waals surface area contributed by atoms with Crippen molar-refractivity contribution in [3.8, 4) is 0 Å². The van der Waals surface area contributed by atoms with E-state index in [9.17, 15) is 14.4 Å². The Morgan fingerprint density at radius 1 is 1.00 bits per heavy atom. The standard InChI is InChI=1S/C18H24O7/c1-13(17(21)25-18(2,3)4)24-16(20)12-23-15(19)11-22-10-14-8-6-5-7-9-14/h5-9,13H,10-12H2,1-4H3. The lowest BCUT2D eigenvalue weighted by atomic mass is 10.2. The molecule has 7 nitrogen and oxygen atoms in total. The minimum Gasteiger partial charge on any atom is -0.457 e. The molecule has 7 heteroatoms. The fourth-order valence-electron chi connectivity index (χ4n) is 1.67. The minimum atomic E-state index is -1.08. The van der Waals surface area contributed by atoms with Crippen molar-refractivity contribution in [1.82, 2.24) is 0 Å². The molecule has 1 aromatic carbocycles. The third kappa shape index (κ3) is 9.46. The summed E-state index contributed by atoms with van der Waals surface area (Å²) in [4.78, 5) is 34.8. The summed E-state index contributed by atoms with van der Waals surface area (Å²) in [7, 11) is 0. The zero-order valence-electron chi connectivity index (χ0n) is 14.9. The molecule has 0 amide bonds. The van der Waals surface area contributed by atoms with Gasteiger partial charge in [0.05, 0.1) is 6.61 Å². The maximum Gasteiger partial charge on any atom is 0.347 e. The van der Waals surface area contributed by atoms with Crippen LogP contribution in [-0.4, -0.2) is 42.8 Å². The average Bonchev–Trinajstić information content (AvgIpc) is 2.52. The Kier molecular flexibility index (Phi) is 8.07. The van der Waals surface area contributed by atoms with Crippen LogP contribution in [0.5, 0.6) is 0 Å². The second-order valence-corrected chi connectivity index (χ2v) is 6.30. The number of hydrogen-bond acceptors (Lipinski definition) is 7. The van der Waals surface area contributed by atoms with Gasteiger partial charge in [-0.15, -0.1) is 0 Å². The van der Waals surface area contributed by atoms with Gasteiger partial charge >= 0.3 is 17.9 Å². The van der Waals surface area contributed by atoms with E-state index in [0.29, 0.717) is 0 Å². The molecule has 1 rings (SSSR count). The van der Waals surface area contributed by atoms with Crippen LogP contribution in [0, 0.1) is 0 Å². The molecule has 0 aliphatic carbocycles. The van der Waals surface area contributed by atoms with Gasteiger partial charge in [0.2, 0.25) is 0 Å². The van der Waals surface area contributed by atoms with Crippen LogP contribution >= 0.6 is 0 Å². The van der Waals surface area contributed by atoms with E-state index in [1.807, 2.05) is 30.3 Å². The number of benzene rings is 1. The second-order valence-electron chi connectivity index (χ2n) is 6.30. The molecule has 0 aliphatic rings. The molecule has 0 saturated heterocycles. The summed E-state index contributed by atoms with van der Waals surface area (Å²) in [6.45, 7) is 5.88. The van der Waals surface area contributed by atoms with Crippen LogP contribution in [0.15, 0.2) is 30.3 Å². The molecule has 0 saturated carbocycles. The molecule has 138 valence electrons. The van der Waals surface area contributed by atoms with Gasteiger partial charge in [0, 0.05) is 0 Å². The van der Waals surface area contributed by atoms with Crippen molar-refractivity contribution in [2.45, 2.75) is 46.0 Å². The van der Waals surface area contributed by atoms with E-state index in [1.54, 1.807) is 20.8 Å². The van der Waals surface area contributed by atoms with Gasteiger partial charge in [-0.1, -0.05) is 30.3 Å². The fraction of sp³-hybridized carbons (Fsp3) is 0.500. The van der Waals surface area contributed by atoms with Gasteiger partial charge in [0.1, 0.15) is 12.2 Å². The Labute approximate surface area is 147 Å². The smallest absolute Gasteiger partial charge is 0.347 e. The molecule has 0 spiro atoms. The number of ether oxygens (including phenoxy) is 4. The number of carbonyl (C=O) groups excluding carboxylic acids is 3. The molecule has 1 atom stereocenters. The van der Waals surface area contributed by atoms with Crippen LogP contribution < -0.4 is 0 Å². The van der Waals surface area contributed by atoms with E-state index in [4.69, 9.17) is 18.9 Å². The number of carbonyl (C=O) groups is 3. The highest BCUT2D eigenvalue weighted by Crippen LogP contribution is 2.09. The molecule has 0 aliphatic heterocycles. The summed E-state index contributed by atoms with van der Waals surface area (Å²) in [6.07, 6.45) is -1.08. The summed E-state index contributed by atoms with van der Waals surface area (Å²) >= 11 is 0. The van der Waals surface area contributed by atoms with Crippen molar-refractivity contribution in [3.63, 3.8) is 0 Å².